The number of para-hydroxylation sites is 1. The highest BCUT2D eigenvalue weighted by Crippen LogP contribution is 2.37. The van der Waals surface area contributed by atoms with Crippen LogP contribution in [0.4, 0.5) is 5.69 Å². The van der Waals surface area contributed by atoms with E-state index in [1.54, 1.807) is 30.3 Å². The molecule has 1 aliphatic heterocycles. The first kappa shape index (κ1) is 21.2. The largest absolute Gasteiger partial charge is 0.493 e. The maximum atomic E-state index is 12.8. The Kier molecular flexibility index (Phi) is 6.27. The molecule has 1 fully saturated rings. The summed E-state index contributed by atoms with van der Waals surface area (Å²) in [6, 6.07) is 11.7. The normalized spacial score (nSPS) is 15.7. The monoisotopic (exact) mass is 430 g/mol. The van der Waals surface area contributed by atoms with Gasteiger partial charge in [0.1, 0.15) is 5.57 Å². The third-order valence-electron chi connectivity index (χ3n) is 4.30. The molecule has 2 amide bonds. The van der Waals surface area contributed by atoms with Gasteiger partial charge in [0.2, 0.25) is 0 Å². The van der Waals surface area contributed by atoms with Crippen LogP contribution in [0.5, 0.6) is 11.5 Å². The van der Waals surface area contributed by atoms with Crippen molar-refractivity contribution >= 4 is 41.1 Å². The van der Waals surface area contributed by atoms with Gasteiger partial charge < -0.3 is 14.2 Å². The molecule has 9 heteroatoms. The highest BCUT2D eigenvalue weighted by molar-refractivity contribution is 6.32. The van der Waals surface area contributed by atoms with Crippen LogP contribution >= 0.6 is 11.6 Å². The topological polar surface area (TPSA) is 94.2 Å². The van der Waals surface area contributed by atoms with E-state index in [0.717, 1.165) is 5.01 Å². The van der Waals surface area contributed by atoms with Gasteiger partial charge in [0.15, 0.2) is 17.6 Å². The number of ether oxygens (including phenoxy) is 3. The van der Waals surface area contributed by atoms with Crippen LogP contribution in [0.2, 0.25) is 5.02 Å². The number of carbonyl (C=O) groups is 3. The predicted octanol–water partition coefficient (Wildman–Crippen LogP) is 2.75. The predicted molar refractivity (Wildman–Crippen MR) is 110 cm³/mol. The van der Waals surface area contributed by atoms with Crippen molar-refractivity contribution in [3.8, 4) is 11.5 Å². The quantitative estimate of drug-likeness (QED) is 0.430. The molecule has 0 aromatic heterocycles. The summed E-state index contributed by atoms with van der Waals surface area (Å²) in [7, 11) is 2.65. The van der Waals surface area contributed by atoms with E-state index in [-0.39, 0.29) is 17.1 Å². The van der Waals surface area contributed by atoms with Crippen molar-refractivity contribution in [2.75, 3.05) is 19.2 Å². The number of nitrogens with one attached hydrogen (secondary N) is 1. The fraction of sp³-hybridized carbons (Fsp3) is 0.190. The number of hydrogen-bond donors (Lipinski definition) is 1. The lowest BCUT2D eigenvalue weighted by Gasteiger charge is -2.18. The van der Waals surface area contributed by atoms with Crippen molar-refractivity contribution in [1.82, 2.24) is 5.43 Å². The van der Waals surface area contributed by atoms with E-state index in [2.05, 4.69) is 10.2 Å². The number of amides is 2. The second-order valence-corrected chi connectivity index (χ2v) is 6.72. The molecular weight excluding hydrogens is 412 g/mol. The molecule has 30 heavy (non-hydrogen) atoms. The zero-order valence-corrected chi connectivity index (χ0v) is 17.2. The number of hydrogen-bond acceptors (Lipinski definition) is 6. The van der Waals surface area contributed by atoms with Crippen LogP contribution in [0.15, 0.2) is 48.0 Å². The highest BCUT2D eigenvalue weighted by atomic mass is 35.5. The van der Waals surface area contributed by atoms with Gasteiger partial charge in [-0.1, -0.05) is 29.8 Å². The number of methoxy groups -OCH3 is 2. The number of rotatable bonds is 6. The summed E-state index contributed by atoms with van der Waals surface area (Å²) in [5, 5.41) is 1.44. The molecule has 2 aromatic rings. The maximum absolute atomic E-state index is 12.8. The molecule has 1 N–H and O–H groups in total. The van der Waals surface area contributed by atoms with E-state index < -0.39 is 23.9 Å². The van der Waals surface area contributed by atoms with Gasteiger partial charge in [0, 0.05) is 16.7 Å². The molecule has 1 saturated heterocycles. The van der Waals surface area contributed by atoms with Gasteiger partial charge in [-0.15, -0.1) is 0 Å². The second kappa shape index (κ2) is 8.87. The van der Waals surface area contributed by atoms with Crippen LogP contribution in [0.1, 0.15) is 12.5 Å². The minimum atomic E-state index is -0.962. The minimum Gasteiger partial charge on any atom is -0.493 e. The van der Waals surface area contributed by atoms with E-state index in [9.17, 15) is 14.4 Å². The SMILES string of the molecule is COC(=O)[C@H](C)Oc1c(/C=C2/C(=O)NN(c3ccccc3)C2=O)cc(Cl)cc1OC. The first-order valence-electron chi connectivity index (χ1n) is 8.90. The Morgan fingerprint density at radius 3 is 2.50 bits per heavy atom. The van der Waals surface area contributed by atoms with Crippen molar-refractivity contribution in [3.05, 3.63) is 58.6 Å². The summed E-state index contributed by atoms with van der Waals surface area (Å²) < 4.78 is 15.7. The second-order valence-electron chi connectivity index (χ2n) is 6.28. The van der Waals surface area contributed by atoms with E-state index in [1.807, 2.05) is 0 Å². The summed E-state index contributed by atoms with van der Waals surface area (Å²) >= 11 is 6.16. The molecule has 2 aromatic carbocycles. The highest BCUT2D eigenvalue weighted by Gasteiger charge is 2.35. The average Bonchev–Trinajstić information content (AvgIpc) is 3.03. The summed E-state index contributed by atoms with van der Waals surface area (Å²) in [6.45, 7) is 1.50. The van der Waals surface area contributed by atoms with Gasteiger partial charge in [-0.3, -0.25) is 15.0 Å². The number of carbonyl (C=O) groups excluding carboxylic acids is 3. The molecule has 0 radical (unpaired) electrons. The summed E-state index contributed by atoms with van der Waals surface area (Å²) in [5.41, 5.74) is 3.20. The van der Waals surface area contributed by atoms with E-state index in [4.69, 9.17) is 21.1 Å². The zero-order chi connectivity index (χ0) is 21.8. The van der Waals surface area contributed by atoms with Gasteiger partial charge in [-0.25, -0.2) is 9.80 Å². The molecule has 1 heterocycles. The number of benzene rings is 2. The number of anilines is 1. The lowest BCUT2D eigenvalue weighted by molar-refractivity contribution is -0.148. The lowest BCUT2D eigenvalue weighted by atomic mass is 10.1. The van der Waals surface area contributed by atoms with Crippen LogP contribution in [0.25, 0.3) is 6.08 Å². The molecular formula is C21H19ClN2O6. The molecule has 1 atom stereocenters. The van der Waals surface area contributed by atoms with E-state index in [1.165, 1.54) is 39.4 Å². The van der Waals surface area contributed by atoms with Gasteiger partial charge in [-0.05, 0) is 31.2 Å². The van der Waals surface area contributed by atoms with E-state index in [0.29, 0.717) is 16.3 Å². The van der Waals surface area contributed by atoms with Gasteiger partial charge in [0.05, 0.1) is 19.9 Å². The van der Waals surface area contributed by atoms with Crippen molar-refractivity contribution in [2.24, 2.45) is 0 Å². The maximum Gasteiger partial charge on any atom is 0.346 e. The molecule has 0 unspecified atom stereocenters. The van der Waals surface area contributed by atoms with Gasteiger partial charge in [0.25, 0.3) is 11.8 Å². The third kappa shape index (κ3) is 4.23. The van der Waals surface area contributed by atoms with Crippen LogP contribution in [0, 0.1) is 0 Å². The van der Waals surface area contributed by atoms with Crippen LogP contribution < -0.4 is 19.9 Å². The van der Waals surface area contributed by atoms with Crippen molar-refractivity contribution in [1.29, 1.82) is 0 Å². The number of esters is 1. The Morgan fingerprint density at radius 2 is 1.87 bits per heavy atom. The fourth-order valence-electron chi connectivity index (χ4n) is 2.84. The molecule has 1 aliphatic rings. The first-order valence-corrected chi connectivity index (χ1v) is 9.27. The Balaban J connectivity index is 2.03. The Hall–Kier alpha value is -3.52. The van der Waals surface area contributed by atoms with Crippen molar-refractivity contribution < 1.29 is 28.6 Å². The molecule has 8 nitrogen and oxygen atoms in total. The number of hydrazine groups is 1. The summed E-state index contributed by atoms with van der Waals surface area (Å²) in [4.78, 5) is 37.1. The van der Waals surface area contributed by atoms with Gasteiger partial charge in [-0.2, -0.15) is 0 Å². The molecule has 0 aliphatic carbocycles. The Labute approximate surface area is 177 Å². The van der Waals surface area contributed by atoms with Crippen molar-refractivity contribution in [2.45, 2.75) is 13.0 Å². The first-order chi connectivity index (χ1) is 14.3. The molecule has 156 valence electrons. The average molecular weight is 431 g/mol. The Bertz CT molecular complexity index is 1020. The third-order valence-corrected chi connectivity index (χ3v) is 4.52. The van der Waals surface area contributed by atoms with E-state index >= 15 is 0 Å². The molecule has 0 spiro atoms. The molecule has 0 saturated carbocycles. The standard InChI is InChI=1S/C21H19ClN2O6/c1-12(21(27)29-3)30-18-13(9-14(22)11-17(18)28-2)10-16-19(25)23-24(20(16)26)15-7-5-4-6-8-15/h4-12H,1-3H3,(H,23,25)/b16-10-/t12-/m0/s1. The molecule has 0 bridgehead atoms. The number of halogens is 1. The zero-order valence-electron chi connectivity index (χ0n) is 16.5. The molecule has 3 rings (SSSR count). The minimum absolute atomic E-state index is 0.126. The Morgan fingerprint density at radius 1 is 1.17 bits per heavy atom. The smallest absolute Gasteiger partial charge is 0.346 e. The summed E-state index contributed by atoms with van der Waals surface area (Å²) in [6.07, 6.45) is 0.380. The fourth-order valence-corrected chi connectivity index (χ4v) is 3.05. The lowest BCUT2D eigenvalue weighted by Crippen LogP contribution is -2.35. The summed E-state index contributed by atoms with van der Waals surface area (Å²) in [5.74, 6) is -1.36. The van der Waals surface area contributed by atoms with Crippen LogP contribution in [-0.2, 0) is 19.1 Å². The van der Waals surface area contributed by atoms with Crippen molar-refractivity contribution in [3.63, 3.8) is 0 Å². The number of nitrogens with zero attached hydrogens (tertiary/aromatic N) is 1. The van der Waals surface area contributed by atoms with Gasteiger partial charge >= 0.3 is 5.97 Å². The van der Waals surface area contributed by atoms with Crippen LogP contribution in [-0.4, -0.2) is 38.1 Å². The van der Waals surface area contributed by atoms with Crippen LogP contribution in [0.3, 0.4) is 0 Å².